The Morgan fingerprint density at radius 1 is 1.03 bits per heavy atom. The van der Waals surface area contributed by atoms with Gasteiger partial charge in [0, 0.05) is 23.6 Å². The van der Waals surface area contributed by atoms with Gasteiger partial charge in [0.1, 0.15) is 0 Å². The minimum absolute atomic E-state index is 0.212. The van der Waals surface area contributed by atoms with E-state index in [1.807, 2.05) is 25.1 Å². The summed E-state index contributed by atoms with van der Waals surface area (Å²) >= 11 is 0. The normalized spacial score (nSPS) is 11.7. The summed E-state index contributed by atoms with van der Waals surface area (Å²) in [6.45, 7) is 3.55. The van der Waals surface area contributed by atoms with Crippen molar-refractivity contribution >= 4 is 16.6 Å². The number of halogens is 3. The molecule has 6 nitrogen and oxygen atoms in total. The van der Waals surface area contributed by atoms with Gasteiger partial charge in [-0.2, -0.15) is 17.7 Å². The van der Waals surface area contributed by atoms with Crippen LogP contribution in [-0.2, 0) is 12.6 Å². The minimum atomic E-state index is -4.40. The van der Waals surface area contributed by atoms with Gasteiger partial charge in [0.05, 0.1) is 16.8 Å². The van der Waals surface area contributed by atoms with Crippen molar-refractivity contribution in [1.29, 1.82) is 0 Å². The van der Waals surface area contributed by atoms with E-state index in [4.69, 9.17) is 4.52 Å². The van der Waals surface area contributed by atoms with E-state index in [0.29, 0.717) is 39.2 Å². The standard InChI is InChI=1S/C24H16F3N5O/c1-14-9-17(11-18(10-14)24(25,26)27)12-21-20-6-3-15(2)19(23(20)33-29-21)7-4-16-5-8-22-28-30-31-32(22)13-16/h3,5-6,8-11,13H,12H2,1-2H3. The van der Waals surface area contributed by atoms with Gasteiger partial charge < -0.3 is 4.52 Å². The molecule has 5 rings (SSSR count). The van der Waals surface area contributed by atoms with E-state index < -0.39 is 11.7 Å². The Kier molecular flexibility index (Phi) is 4.86. The van der Waals surface area contributed by atoms with Crippen LogP contribution in [-0.4, -0.2) is 25.2 Å². The van der Waals surface area contributed by atoms with Gasteiger partial charge in [-0.1, -0.05) is 34.7 Å². The average Bonchev–Trinajstić information content (AvgIpc) is 3.38. The first-order valence-corrected chi connectivity index (χ1v) is 10.0. The van der Waals surface area contributed by atoms with E-state index in [0.717, 1.165) is 23.1 Å². The second-order valence-electron chi connectivity index (χ2n) is 7.79. The molecular formula is C24H16F3N5O. The molecule has 0 unspecified atom stereocenters. The number of pyridine rings is 1. The summed E-state index contributed by atoms with van der Waals surface area (Å²) in [5, 5.41) is 16.2. The predicted octanol–water partition coefficient (Wildman–Crippen LogP) is 4.89. The van der Waals surface area contributed by atoms with E-state index >= 15 is 0 Å². The van der Waals surface area contributed by atoms with Crippen molar-refractivity contribution in [2.75, 3.05) is 0 Å². The van der Waals surface area contributed by atoms with Crippen LogP contribution < -0.4 is 0 Å². The first-order valence-electron chi connectivity index (χ1n) is 10.0. The van der Waals surface area contributed by atoms with E-state index in [2.05, 4.69) is 32.5 Å². The van der Waals surface area contributed by atoms with Gasteiger partial charge in [0.2, 0.25) is 0 Å². The molecule has 0 saturated heterocycles. The van der Waals surface area contributed by atoms with Gasteiger partial charge in [-0.3, -0.25) is 0 Å². The Labute approximate surface area is 186 Å². The molecule has 9 heteroatoms. The minimum Gasteiger partial charge on any atom is -0.355 e. The lowest BCUT2D eigenvalue weighted by Crippen LogP contribution is -2.06. The highest BCUT2D eigenvalue weighted by Crippen LogP contribution is 2.32. The summed E-state index contributed by atoms with van der Waals surface area (Å²) in [7, 11) is 0. The van der Waals surface area contributed by atoms with Crippen LogP contribution >= 0.6 is 0 Å². The molecule has 0 spiro atoms. The monoisotopic (exact) mass is 447 g/mol. The van der Waals surface area contributed by atoms with Crippen LogP contribution in [0.15, 0.2) is 53.2 Å². The van der Waals surface area contributed by atoms with E-state index in [9.17, 15) is 13.2 Å². The van der Waals surface area contributed by atoms with Gasteiger partial charge in [-0.05, 0) is 65.7 Å². The van der Waals surface area contributed by atoms with Gasteiger partial charge in [0.25, 0.3) is 0 Å². The van der Waals surface area contributed by atoms with Crippen molar-refractivity contribution in [3.8, 4) is 11.8 Å². The topological polar surface area (TPSA) is 69.1 Å². The molecule has 0 saturated carbocycles. The Morgan fingerprint density at radius 2 is 1.88 bits per heavy atom. The maximum absolute atomic E-state index is 13.2. The fraction of sp³-hybridized carbons (Fsp3) is 0.167. The van der Waals surface area contributed by atoms with E-state index in [-0.39, 0.29) is 6.42 Å². The fourth-order valence-corrected chi connectivity index (χ4v) is 3.71. The number of fused-ring (bicyclic) bond motifs is 2. The number of nitrogens with zero attached hydrogens (tertiary/aromatic N) is 5. The summed E-state index contributed by atoms with van der Waals surface area (Å²) in [6.07, 6.45) is -2.47. The highest BCUT2D eigenvalue weighted by molar-refractivity contribution is 5.86. The van der Waals surface area contributed by atoms with Gasteiger partial charge >= 0.3 is 6.18 Å². The number of hydrogen-bond acceptors (Lipinski definition) is 5. The van der Waals surface area contributed by atoms with Crippen LogP contribution in [0.25, 0.3) is 16.6 Å². The Morgan fingerprint density at radius 3 is 2.70 bits per heavy atom. The smallest absolute Gasteiger partial charge is 0.355 e. The third-order valence-electron chi connectivity index (χ3n) is 5.28. The number of aromatic nitrogens is 5. The maximum Gasteiger partial charge on any atom is 0.416 e. The SMILES string of the molecule is Cc1cc(Cc2noc3c(C#Cc4ccc5nnnn5c4)c(C)ccc23)cc(C(F)(F)F)c1. The van der Waals surface area contributed by atoms with Crippen LogP contribution in [0.2, 0.25) is 0 Å². The number of aryl methyl sites for hydroxylation is 2. The first kappa shape index (κ1) is 20.7. The quantitative estimate of drug-likeness (QED) is 0.361. The van der Waals surface area contributed by atoms with Crippen molar-refractivity contribution in [3.63, 3.8) is 0 Å². The van der Waals surface area contributed by atoms with E-state index in [1.165, 1.54) is 4.52 Å². The zero-order valence-electron chi connectivity index (χ0n) is 17.6. The molecule has 0 bridgehead atoms. The molecule has 0 atom stereocenters. The lowest BCUT2D eigenvalue weighted by molar-refractivity contribution is -0.137. The molecule has 0 N–H and O–H groups in total. The lowest BCUT2D eigenvalue weighted by atomic mass is 9.99. The van der Waals surface area contributed by atoms with Crippen LogP contribution in [0, 0.1) is 25.7 Å². The van der Waals surface area contributed by atoms with Crippen LogP contribution in [0.4, 0.5) is 13.2 Å². The van der Waals surface area contributed by atoms with Crippen LogP contribution in [0.5, 0.6) is 0 Å². The van der Waals surface area contributed by atoms with Crippen LogP contribution in [0.1, 0.15) is 39.1 Å². The summed E-state index contributed by atoms with van der Waals surface area (Å²) in [5.74, 6) is 6.22. The van der Waals surface area contributed by atoms with Crippen molar-refractivity contribution in [1.82, 2.24) is 25.2 Å². The molecule has 164 valence electrons. The molecule has 0 aliphatic carbocycles. The second kappa shape index (κ2) is 7.74. The third kappa shape index (κ3) is 4.03. The summed E-state index contributed by atoms with van der Waals surface area (Å²) in [4.78, 5) is 0. The Hall–Kier alpha value is -4.19. The first-order chi connectivity index (χ1) is 15.8. The number of benzene rings is 2. The zero-order chi connectivity index (χ0) is 23.2. The van der Waals surface area contributed by atoms with Gasteiger partial charge in [-0.15, -0.1) is 5.10 Å². The Bertz CT molecular complexity index is 1570. The molecule has 3 aromatic heterocycles. The summed E-state index contributed by atoms with van der Waals surface area (Å²) in [6, 6.07) is 11.3. The summed E-state index contributed by atoms with van der Waals surface area (Å²) < 4.78 is 46.7. The zero-order valence-corrected chi connectivity index (χ0v) is 17.6. The Balaban J connectivity index is 1.52. The molecule has 2 aromatic carbocycles. The van der Waals surface area contributed by atoms with Crippen molar-refractivity contribution in [2.24, 2.45) is 0 Å². The van der Waals surface area contributed by atoms with Crippen molar-refractivity contribution < 1.29 is 17.7 Å². The molecule has 0 amide bonds. The molecule has 3 heterocycles. The van der Waals surface area contributed by atoms with E-state index in [1.54, 1.807) is 25.3 Å². The lowest BCUT2D eigenvalue weighted by Gasteiger charge is -2.10. The number of tetrazole rings is 1. The number of rotatable bonds is 2. The van der Waals surface area contributed by atoms with Crippen molar-refractivity contribution in [2.45, 2.75) is 26.4 Å². The largest absolute Gasteiger partial charge is 0.416 e. The maximum atomic E-state index is 13.2. The summed E-state index contributed by atoms with van der Waals surface area (Å²) in [5.41, 5.74) is 4.34. The molecule has 5 aromatic rings. The third-order valence-corrected chi connectivity index (χ3v) is 5.28. The number of alkyl halides is 3. The van der Waals surface area contributed by atoms with Gasteiger partial charge in [-0.25, -0.2) is 0 Å². The fourth-order valence-electron chi connectivity index (χ4n) is 3.71. The molecule has 0 aliphatic heterocycles. The molecule has 33 heavy (non-hydrogen) atoms. The van der Waals surface area contributed by atoms with Crippen molar-refractivity contribution in [3.05, 3.63) is 87.7 Å². The molecule has 0 aliphatic rings. The van der Waals surface area contributed by atoms with Gasteiger partial charge in [0.15, 0.2) is 11.2 Å². The highest BCUT2D eigenvalue weighted by Gasteiger charge is 2.31. The predicted molar refractivity (Wildman–Crippen MR) is 114 cm³/mol. The molecule has 0 fully saturated rings. The number of hydrogen-bond donors (Lipinski definition) is 0. The van der Waals surface area contributed by atoms with Crippen LogP contribution in [0.3, 0.4) is 0 Å². The molecular weight excluding hydrogens is 431 g/mol. The average molecular weight is 447 g/mol. The molecule has 0 radical (unpaired) electrons. The highest BCUT2D eigenvalue weighted by atomic mass is 19.4. The second-order valence-corrected chi connectivity index (χ2v) is 7.79.